The molecule has 0 aromatic rings. The maximum absolute atomic E-state index is 9.00. The van der Waals surface area contributed by atoms with Crippen LogP contribution in [0.2, 0.25) is 0 Å². The van der Waals surface area contributed by atoms with E-state index in [0.29, 0.717) is 0 Å². The molecule has 0 radical (unpaired) electrons. The molecule has 0 heterocycles. The Kier molecular flexibility index (Phi) is 39.0. The molecule has 0 atom stereocenters. The number of hydrogen-bond acceptors (Lipinski definition) is 6. The molecule has 0 aromatic heterocycles. The summed E-state index contributed by atoms with van der Waals surface area (Å²) in [4.78, 5) is 17.0. The average Bonchev–Trinajstić information content (AvgIpc) is 1.63. The minimum atomic E-state index is -5.17. The second-order valence-corrected chi connectivity index (χ2v) is 1.63. The fourth-order valence-corrected chi connectivity index (χ4v) is 0. The molecule has 13 heavy (non-hydrogen) atoms. The molecule has 10 nitrogen and oxygen atoms in total. The van der Waals surface area contributed by atoms with Crippen LogP contribution in [0.1, 0.15) is 0 Å². The molecule has 0 spiro atoms. The molecular weight excluding hydrogens is 208 g/mol. The van der Waals surface area contributed by atoms with Crippen LogP contribution in [0.3, 0.4) is 0 Å². The number of urea groups is 1. The van der Waals surface area contributed by atoms with Gasteiger partial charge in [0.1, 0.15) is 6.79 Å². The van der Waals surface area contributed by atoms with E-state index in [2.05, 4.69) is 11.5 Å². The van der Waals surface area contributed by atoms with Crippen molar-refractivity contribution in [1.82, 2.24) is 12.3 Å². The van der Waals surface area contributed by atoms with Gasteiger partial charge >= 0.3 is 6.03 Å². The number of rotatable bonds is 0. The van der Waals surface area contributed by atoms with Crippen molar-refractivity contribution >= 4 is 23.2 Å². The van der Waals surface area contributed by atoms with E-state index in [4.69, 9.17) is 27.1 Å². The highest BCUT2D eigenvalue weighted by Crippen LogP contribution is 1.57. The fourth-order valence-electron chi connectivity index (χ4n) is 0. The first-order valence-corrected chi connectivity index (χ1v) is 3.07. The van der Waals surface area contributed by atoms with Crippen LogP contribution < -0.4 is 23.8 Å². The number of carbonyl (C=O) groups is 2. The van der Waals surface area contributed by atoms with Gasteiger partial charge in [0.15, 0.2) is 0 Å². The predicted molar refractivity (Wildman–Crippen MR) is 43.3 cm³/mol. The van der Waals surface area contributed by atoms with E-state index in [1.54, 1.807) is 0 Å². The monoisotopic (exact) mass is 222 g/mol. The van der Waals surface area contributed by atoms with Crippen molar-refractivity contribution in [2.24, 2.45) is 11.5 Å². The van der Waals surface area contributed by atoms with Crippen molar-refractivity contribution in [1.29, 1.82) is 0 Å². The van der Waals surface area contributed by atoms with Crippen LogP contribution in [0.15, 0.2) is 0 Å². The molecule has 0 rings (SSSR count). The Labute approximate surface area is 75.0 Å². The van der Waals surface area contributed by atoms with Crippen LogP contribution in [0.25, 0.3) is 0 Å². The molecule has 0 aromatic carbocycles. The first kappa shape index (κ1) is 29.8. The number of amides is 2. The van der Waals surface area contributed by atoms with E-state index in [9.17, 15) is 0 Å². The van der Waals surface area contributed by atoms with E-state index in [1.165, 1.54) is 0 Å². The van der Waals surface area contributed by atoms with Crippen molar-refractivity contribution in [2.45, 2.75) is 0 Å². The maximum Gasteiger partial charge on any atom is 0.309 e. The van der Waals surface area contributed by atoms with Crippen LogP contribution in [-0.4, -0.2) is 30.3 Å². The van der Waals surface area contributed by atoms with E-state index >= 15 is 0 Å². The standard InChI is InChI=1S/CH4N2O.CH2O.2H3N.H2O4S/c2-1(3)4;1-2;;;1-5(2,3)4/h(H4,2,3,4);1H2;2*1H3;(H2,1,2,3,4). The van der Waals surface area contributed by atoms with Crippen LogP contribution in [0.5, 0.6) is 0 Å². The summed E-state index contributed by atoms with van der Waals surface area (Å²) in [5.74, 6) is 0. The van der Waals surface area contributed by atoms with Crippen LogP contribution in [-0.2, 0) is 15.2 Å². The third-order valence-electron chi connectivity index (χ3n) is 0. The van der Waals surface area contributed by atoms with Gasteiger partial charge in [0, 0.05) is 10.4 Å². The molecular formula is C2H14N4O6S. The van der Waals surface area contributed by atoms with Gasteiger partial charge in [0.25, 0.3) is 0 Å². The summed E-state index contributed by atoms with van der Waals surface area (Å²) >= 11 is 0. The van der Waals surface area contributed by atoms with Gasteiger partial charge in [0.05, 0.1) is 0 Å². The van der Waals surface area contributed by atoms with Gasteiger partial charge in [-0.05, 0) is 0 Å². The first-order chi connectivity index (χ1) is 4.73. The molecule has 0 unspecified atom stereocenters. The summed E-state index contributed by atoms with van der Waals surface area (Å²) in [5.41, 5.74) is 8.50. The zero-order valence-electron chi connectivity index (χ0n) is 7.22. The van der Waals surface area contributed by atoms with E-state index in [1.807, 2.05) is 6.79 Å². The highest BCUT2D eigenvalue weighted by atomic mass is 32.3. The van der Waals surface area contributed by atoms with Gasteiger partial charge < -0.3 is 37.7 Å². The molecule has 0 saturated carbocycles. The lowest BCUT2D eigenvalue weighted by atomic mass is 11.2. The smallest absolute Gasteiger partial charge is 0.309 e. The predicted octanol–water partition coefficient (Wildman–Crippen LogP) is -1.75. The van der Waals surface area contributed by atoms with Crippen molar-refractivity contribution in [2.75, 3.05) is 0 Å². The highest BCUT2D eigenvalue weighted by molar-refractivity contribution is 7.79. The second-order valence-electron chi connectivity index (χ2n) is 0.811. The van der Waals surface area contributed by atoms with E-state index in [0.717, 1.165) is 0 Å². The molecule has 2 amide bonds. The Bertz CT molecular complexity index is 177. The molecule has 0 aliphatic carbocycles. The number of quaternary nitrogens is 2. The van der Waals surface area contributed by atoms with Gasteiger partial charge in [-0.2, -0.15) is 0 Å². The molecule has 0 aliphatic rings. The van der Waals surface area contributed by atoms with Gasteiger partial charge in [-0.1, -0.05) is 0 Å². The normalized spacial score (nSPS) is 6.62. The minimum Gasteiger partial charge on any atom is -0.759 e. The van der Waals surface area contributed by atoms with Gasteiger partial charge in [0.2, 0.25) is 0 Å². The number of hydrogen-bond donors (Lipinski definition) is 4. The summed E-state index contributed by atoms with van der Waals surface area (Å²) < 4.78 is 34.1. The zero-order chi connectivity index (χ0) is 10.1. The number of nitrogens with two attached hydrogens (primary N) is 2. The van der Waals surface area contributed by atoms with Gasteiger partial charge in [-0.25, -0.2) is 4.79 Å². The molecule has 11 heteroatoms. The zero-order valence-corrected chi connectivity index (χ0v) is 8.04. The summed E-state index contributed by atoms with van der Waals surface area (Å²) in [6.07, 6.45) is 0. The van der Waals surface area contributed by atoms with Crippen molar-refractivity contribution in [3.63, 3.8) is 0 Å². The van der Waals surface area contributed by atoms with Crippen molar-refractivity contribution in [3.05, 3.63) is 0 Å². The molecule has 0 saturated heterocycles. The largest absolute Gasteiger partial charge is 0.759 e. The Hall–Kier alpha value is -1.27. The molecule has 12 N–H and O–H groups in total. The molecule has 0 aliphatic heterocycles. The fraction of sp³-hybridized carbons (Fsp3) is 0. The SMILES string of the molecule is C=O.NC(N)=O.O=S(=O)([O-])[O-].[NH4+].[NH4+]. The maximum atomic E-state index is 9.00. The Morgan fingerprint density at radius 3 is 1.08 bits per heavy atom. The summed E-state index contributed by atoms with van der Waals surface area (Å²) in [5, 5.41) is 0. The Balaban J connectivity index is -0.0000000246. The van der Waals surface area contributed by atoms with Crippen molar-refractivity contribution < 1.29 is 27.1 Å². The topological polar surface area (TPSA) is 239 Å². The van der Waals surface area contributed by atoms with Crippen molar-refractivity contribution in [3.8, 4) is 0 Å². The van der Waals surface area contributed by atoms with Gasteiger partial charge in [-0.15, -0.1) is 0 Å². The lowest BCUT2D eigenvalue weighted by Gasteiger charge is -2.06. The lowest BCUT2D eigenvalue weighted by Crippen LogP contribution is -2.18. The van der Waals surface area contributed by atoms with Crippen LogP contribution in [0.4, 0.5) is 4.79 Å². The third-order valence-corrected chi connectivity index (χ3v) is 0. The third kappa shape index (κ3) is 507. The number of carbonyl (C=O) groups excluding carboxylic acids is 2. The van der Waals surface area contributed by atoms with Gasteiger partial charge in [-0.3, -0.25) is 8.42 Å². The van der Waals surface area contributed by atoms with E-state index < -0.39 is 16.4 Å². The lowest BCUT2D eigenvalue weighted by molar-refractivity contribution is -0.0980. The van der Waals surface area contributed by atoms with Crippen LogP contribution >= 0.6 is 0 Å². The van der Waals surface area contributed by atoms with E-state index in [-0.39, 0.29) is 12.3 Å². The highest BCUT2D eigenvalue weighted by Gasteiger charge is 1.60. The number of primary amides is 2. The van der Waals surface area contributed by atoms with Crippen LogP contribution in [0, 0.1) is 0 Å². The molecule has 0 bridgehead atoms. The minimum absolute atomic E-state index is 0. The summed E-state index contributed by atoms with van der Waals surface area (Å²) in [6, 6.07) is -0.833. The second kappa shape index (κ2) is 17.0. The molecule has 0 fully saturated rings. The quantitative estimate of drug-likeness (QED) is 0.273. The first-order valence-electron chi connectivity index (χ1n) is 1.74. The Morgan fingerprint density at radius 2 is 1.08 bits per heavy atom. The summed E-state index contributed by atoms with van der Waals surface area (Å²) in [7, 11) is -5.17. The average molecular weight is 222 g/mol. The molecule has 84 valence electrons. The Morgan fingerprint density at radius 1 is 1.08 bits per heavy atom. The summed E-state index contributed by atoms with van der Waals surface area (Å²) in [6.45, 7) is 2.00.